The third-order valence-electron chi connectivity index (χ3n) is 4.58. The highest BCUT2D eigenvalue weighted by Gasteiger charge is 2.14. The number of rotatable bonds is 4. The highest BCUT2D eigenvalue weighted by Crippen LogP contribution is 2.25. The maximum absolute atomic E-state index is 12.5. The lowest BCUT2D eigenvalue weighted by Crippen LogP contribution is -2.13. The number of nitriles is 1. The Balaban J connectivity index is 1.96. The maximum Gasteiger partial charge on any atom is 0.266 e. The molecule has 28 heavy (non-hydrogen) atoms. The normalized spacial score (nSPS) is 11.2. The van der Waals surface area contributed by atoms with E-state index in [0.717, 1.165) is 22.6 Å². The van der Waals surface area contributed by atoms with E-state index in [1.165, 1.54) is 9.13 Å². The fraction of sp³-hybridized carbons (Fsp3) is 0.130. The number of hydrogen-bond acceptors (Lipinski definition) is 2. The van der Waals surface area contributed by atoms with Crippen LogP contribution in [-0.2, 0) is 4.79 Å². The van der Waals surface area contributed by atoms with Crippen LogP contribution in [-0.4, -0.2) is 10.5 Å². The maximum atomic E-state index is 12.5. The Kier molecular flexibility index (Phi) is 6.00. The lowest BCUT2D eigenvalue weighted by Gasteiger charge is -2.11. The Bertz CT molecular complexity index is 1100. The average Bonchev–Trinajstić information content (AvgIpc) is 2.96. The number of benzene rings is 2. The molecule has 5 heteroatoms. The third kappa shape index (κ3) is 4.18. The lowest BCUT2D eigenvalue weighted by molar-refractivity contribution is -0.112. The number of carbonyl (C=O) groups excluding carboxylic acids is 1. The second kappa shape index (κ2) is 8.44. The molecule has 0 bridgehead atoms. The molecule has 0 saturated carbocycles. The van der Waals surface area contributed by atoms with Crippen LogP contribution in [0.4, 0.5) is 5.69 Å². The van der Waals surface area contributed by atoms with Crippen molar-refractivity contribution < 1.29 is 4.79 Å². The standard InChI is InChI=1S/C23H20IN3O/c1-15-9-10-21(13-22(15)24)27-16(2)11-18(17(27)3)12-19(14-25)23(28)26-20-7-5-4-6-8-20/h4-13H,1-3H3,(H,26,28)/b19-12+. The van der Waals surface area contributed by atoms with Gasteiger partial charge in [0, 0.05) is 26.3 Å². The molecule has 0 aliphatic heterocycles. The highest BCUT2D eigenvalue weighted by atomic mass is 127. The van der Waals surface area contributed by atoms with Crippen molar-refractivity contribution in [2.45, 2.75) is 20.8 Å². The van der Waals surface area contributed by atoms with E-state index in [1.54, 1.807) is 18.2 Å². The monoisotopic (exact) mass is 481 g/mol. The van der Waals surface area contributed by atoms with Gasteiger partial charge in [0.2, 0.25) is 0 Å². The molecule has 0 aliphatic rings. The van der Waals surface area contributed by atoms with Gasteiger partial charge in [-0.25, -0.2) is 0 Å². The number of halogens is 1. The van der Waals surface area contributed by atoms with E-state index in [2.05, 4.69) is 57.6 Å². The zero-order chi connectivity index (χ0) is 20.3. The van der Waals surface area contributed by atoms with Gasteiger partial charge in [-0.15, -0.1) is 0 Å². The average molecular weight is 481 g/mol. The highest BCUT2D eigenvalue weighted by molar-refractivity contribution is 14.1. The van der Waals surface area contributed by atoms with Crippen LogP contribution in [0, 0.1) is 35.7 Å². The van der Waals surface area contributed by atoms with Crippen molar-refractivity contribution in [3.05, 3.63) is 86.3 Å². The third-order valence-corrected chi connectivity index (χ3v) is 5.74. The van der Waals surface area contributed by atoms with Gasteiger partial charge in [-0.3, -0.25) is 4.79 Å². The molecule has 0 spiro atoms. The van der Waals surface area contributed by atoms with Crippen molar-refractivity contribution in [2.24, 2.45) is 0 Å². The van der Waals surface area contributed by atoms with Gasteiger partial charge < -0.3 is 9.88 Å². The summed E-state index contributed by atoms with van der Waals surface area (Å²) in [6.45, 7) is 6.10. The van der Waals surface area contributed by atoms with Crippen molar-refractivity contribution in [1.82, 2.24) is 4.57 Å². The molecule has 1 N–H and O–H groups in total. The molecular weight excluding hydrogens is 461 g/mol. The topological polar surface area (TPSA) is 57.8 Å². The Labute approximate surface area is 178 Å². The van der Waals surface area contributed by atoms with Crippen LogP contribution in [0.1, 0.15) is 22.5 Å². The van der Waals surface area contributed by atoms with Gasteiger partial charge in [0.05, 0.1) is 0 Å². The van der Waals surface area contributed by atoms with E-state index in [0.29, 0.717) is 5.69 Å². The van der Waals surface area contributed by atoms with Crippen LogP contribution in [0.15, 0.2) is 60.2 Å². The second-order valence-corrected chi connectivity index (χ2v) is 7.75. The van der Waals surface area contributed by atoms with E-state index in [-0.39, 0.29) is 5.57 Å². The van der Waals surface area contributed by atoms with Crippen LogP contribution in [0.5, 0.6) is 0 Å². The smallest absolute Gasteiger partial charge is 0.266 e. The minimum Gasteiger partial charge on any atom is -0.321 e. The molecule has 2 aromatic carbocycles. The Morgan fingerprint density at radius 3 is 2.46 bits per heavy atom. The van der Waals surface area contributed by atoms with E-state index in [1.807, 2.05) is 44.2 Å². The van der Waals surface area contributed by atoms with Gasteiger partial charge in [0.25, 0.3) is 5.91 Å². The first-order chi connectivity index (χ1) is 13.4. The predicted octanol–water partition coefficient (Wildman–Crippen LogP) is 5.55. The largest absolute Gasteiger partial charge is 0.321 e. The fourth-order valence-electron chi connectivity index (χ4n) is 3.08. The SMILES string of the molecule is Cc1ccc(-n2c(C)cc(/C=C(\C#N)C(=O)Nc3ccccc3)c2C)cc1I. The number of aryl methyl sites for hydroxylation is 2. The summed E-state index contributed by atoms with van der Waals surface area (Å²) >= 11 is 2.33. The van der Waals surface area contributed by atoms with Crippen LogP contribution >= 0.6 is 22.6 Å². The lowest BCUT2D eigenvalue weighted by atomic mass is 10.1. The second-order valence-electron chi connectivity index (χ2n) is 6.59. The molecular formula is C23H20IN3O. The molecule has 1 aromatic heterocycles. The number of anilines is 1. The van der Waals surface area contributed by atoms with Crippen LogP contribution < -0.4 is 5.32 Å². The van der Waals surface area contributed by atoms with Gasteiger partial charge in [-0.05, 0) is 90.9 Å². The molecule has 140 valence electrons. The van der Waals surface area contributed by atoms with Crippen LogP contribution in [0.25, 0.3) is 11.8 Å². The summed E-state index contributed by atoms with van der Waals surface area (Å²) in [6.07, 6.45) is 1.65. The number of nitrogens with zero attached hydrogens (tertiary/aromatic N) is 2. The molecule has 0 aliphatic carbocycles. The summed E-state index contributed by atoms with van der Waals surface area (Å²) in [4.78, 5) is 12.5. The zero-order valence-corrected chi connectivity index (χ0v) is 18.1. The molecule has 3 rings (SSSR count). The van der Waals surface area contributed by atoms with Gasteiger partial charge in [-0.1, -0.05) is 24.3 Å². The van der Waals surface area contributed by atoms with Gasteiger partial charge >= 0.3 is 0 Å². The van der Waals surface area contributed by atoms with E-state index < -0.39 is 5.91 Å². The van der Waals surface area contributed by atoms with Gasteiger partial charge in [0.1, 0.15) is 11.6 Å². The quantitative estimate of drug-likeness (QED) is 0.302. The molecule has 0 fully saturated rings. The first-order valence-corrected chi connectivity index (χ1v) is 9.92. The molecule has 0 atom stereocenters. The number of hydrogen-bond donors (Lipinski definition) is 1. The minimum absolute atomic E-state index is 0.0718. The summed E-state index contributed by atoms with van der Waals surface area (Å²) < 4.78 is 3.33. The number of aromatic nitrogens is 1. The summed E-state index contributed by atoms with van der Waals surface area (Å²) in [6, 6.07) is 19.5. The predicted molar refractivity (Wildman–Crippen MR) is 121 cm³/mol. The summed E-state index contributed by atoms with van der Waals surface area (Å²) in [5.41, 5.74) is 5.92. The van der Waals surface area contributed by atoms with E-state index >= 15 is 0 Å². The zero-order valence-electron chi connectivity index (χ0n) is 16.0. The first-order valence-electron chi connectivity index (χ1n) is 8.84. The number of amides is 1. The number of nitrogens with one attached hydrogen (secondary N) is 1. The molecule has 1 amide bonds. The van der Waals surface area contributed by atoms with Crippen molar-refractivity contribution in [3.63, 3.8) is 0 Å². The summed E-state index contributed by atoms with van der Waals surface area (Å²) in [5, 5.41) is 12.3. The van der Waals surface area contributed by atoms with Crippen molar-refractivity contribution in [3.8, 4) is 11.8 Å². The molecule has 3 aromatic rings. The van der Waals surface area contributed by atoms with Crippen molar-refractivity contribution >= 4 is 40.3 Å². The molecule has 0 radical (unpaired) electrons. The molecule has 1 heterocycles. The Morgan fingerprint density at radius 1 is 1.11 bits per heavy atom. The van der Waals surface area contributed by atoms with Gasteiger partial charge in [-0.2, -0.15) is 5.26 Å². The first kappa shape index (κ1) is 19.9. The van der Waals surface area contributed by atoms with Crippen LogP contribution in [0.2, 0.25) is 0 Å². The van der Waals surface area contributed by atoms with Gasteiger partial charge in [0.15, 0.2) is 0 Å². The summed E-state index contributed by atoms with van der Waals surface area (Å²) in [5.74, 6) is -0.414. The molecule has 4 nitrogen and oxygen atoms in total. The minimum atomic E-state index is -0.414. The van der Waals surface area contributed by atoms with Crippen LogP contribution in [0.3, 0.4) is 0 Å². The number of carbonyl (C=O) groups is 1. The van der Waals surface area contributed by atoms with E-state index in [9.17, 15) is 10.1 Å². The van der Waals surface area contributed by atoms with Crippen molar-refractivity contribution in [2.75, 3.05) is 5.32 Å². The fourth-order valence-corrected chi connectivity index (χ4v) is 3.57. The van der Waals surface area contributed by atoms with Crippen molar-refractivity contribution in [1.29, 1.82) is 5.26 Å². The number of para-hydroxylation sites is 1. The summed E-state index contributed by atoms with van der Waals surface area (Å²) in [7, 11) is 0. The van der Waals surface area contributed by atoms with E-state index in [4.69, 9.17) is 0 Å². The Morgan fingerprint density at radius 2 is 1.82 bits per heavy atom. The molecule has 0 unspecified atom stereocenters. The Hall–Kier alpha value is -2.85. The molecule has 0 saturated heterocycles.